The van der Waals surface area contributed by atoms with Gasteiger partial charge in [0, 0.05) is 11.9 Å². The van der Waals surface area contributed by atoms with Gasteiger partial charge in [-0.2, -0.15) is 5.10 Å². The fourth-order valence-corrected chi connectivity index (χ4v) is 1.24. The molecule has 1 rings (SSSR count). The Hall–Kier alpha value is -0.830. The smallest absolute Gasteiger partial charge is 0.0490 e. The summed E-state index contributed by atoms with van der Waals surface area (Å²) in [7, 11) is 0. The first kappa shape index (κ1) is 9.26. The van der Waals surface area contributed by atoms with E-state index >= 15 is 0 Å². The summed E-state index contributed by atoms with van der Waals surface area (Å²) in [5.74, 6) is 0. The summed E-state index contributed by atoms with van der Waals surface area (Å²) in [5, 5.41) is 6.85. The molecule has 0 bridgehead atoms. The van der Waals surface area contributed by atoms with Gasteiger partial charge in [-0.3, -0.25) is 5.10 Å². The molecule has 3 nitrogen and oxygen atoms in total. The molecule has 0 amide bonds. The molecule has 3 heteroatoms. The fourth-order valence-electron chi connectivity index (χ4n) is 1.24. The zero-order chi connectivity index (χ0) is 8.65. The summed E-state index contributed by atoms with van der Waals surface area (Å²) >= 11 is 0. The van der Waals surface area contributed by atoms with Crippen LogP contribution in [0.25, 0.3) is 0 Å². The molecule has 1 aromatic heterocycles. The van der Waals surface area contributed by atoms with Gasteiger partial charge in [0.05, 0.1) is 0 Å². The molecule has 0 spiro atoms. The lowest BCUT2D eigenvalue weighted by Gasteiger charge is -1.97. The monoisotopic (exact) mass is 167 g/mol. The molecule has 1 heterocycles. The molecule has 0 aromatic carbocycles. The number of H-pyrrole nitrogens is 1. The van der Waals surface area contributed by atoms with Crippen LogP contribution >= 0.6 is 0 Å². The molecule has 0 radical (unpaired) electrons. The van der Waals surface area contributed by atoms with E-state index < -0.39 is 0 Å². The van der Waals surface area contributed by atoms with E-state index in [0.29, 0.717) is 0 Å². The topological polar surface area (TPSA) is 54.7 Å². The van der Waals surface area contributed by atoms with E-state index in [9.17, 15) is 0 Å². The highest BCUT2D eigenvalue weighted by molar-refractivity contribution is 4.96. The van der Waals surface area contributed by atoms with Crippen LogP contribution < -0.4 is 5.73 Å². The number of nitrogens with two attached hydrogens (primary N) is 1. The third kappa shape index (κ3) is 3.53. The van der Waals surface area contributed by atoms with E-state index in [4.69, 9.17) is 5.73 Å². The Morgan fingerprint density at radius 2 is 2.08 bits per heavy atom. The Morgan fingerprint density at radius 3 is 2.75 bits per heavy atom. The second kappa shape index (κ2) is 5.77. The van der Waals surface area contributed by atoms with Crippen LogP contribution in [0, 0.1) is 0 Å². The molecular weight excluding hydrogens is 150 g/mol. The average Bonchev–Trinajstić information content (AvgIpc) is 2.57. The van der Waals surface area contributed by atoms with E-state index in [1.54, 1.807) is 6.20 Å². The van der Waals surface area contributed by atoms with Gasteiger partial charge in [0.1, 0.15) is 0 Å². The highest BCUT2D eigenvalue weighted by Gasteiger charge is 1.93. The molecule has 0 saturated carbocycles. The first-order chi connectivity index (χ1) is 5.93. The summed E-state index contributed by atoms with van der Waals surface area (Å²) < 4.78 is 0. The zero-order valence-corrected chi connectivity index (χ0v) is 7.42. The van der Waals surface area contributed by atoms with Gasteiger partial charge in [-0.25, -0.2) is 0 Å². The van der Waals surface area contributed by atoms with Crippen LogP contribution in [0.4, 0.5) is 0 Å². The predicted molar refractivity (Wildman–Crippen MR) is 49.8 cm³/mol. The molecule has 1 aromatic rings. The first-order valence-electron chi connectivity index (χ1n) is 4.62. The zero-order valence-electron chi connectivity index (χ0n) is 7.42. The fraction of sp³-hybridized carbons (Fsp3) is 0.667. The number of aromatic amines is 1. The molecule has 0 aliphatic carbocycles. The van der Waals surface area contributed by atoms with Crippen LogP contribution in [-0.2, 0) is 6.42 Å². The summed E-state index contributed by atoms with van der Waals surface area (Å²) in [6, 6.07) is 2.03. The second-order valence-electron chi connectivity index (χ2n) is 3.03. The number of nitrogens with zero attached hydrogens (tertiary/aromatic N) is 1. The maximum absolute atomic E-state index is 5.39. The van der Waals surface area contributed by atoms with E-state index in [1.165, 1.54) is 25.0 Å². The van der Waals surface area contributed by atoms with Crippen molar-refractivity contribution in [1.82, 2.24) is 10.2 Å². The molecule has 0 aliphatic heterocycles. The number of aryl methyl sites for hydroxylation is 1. The third-order valence-electron chi connectivity index (χ3n) is 1.96. The summed E-state index contributed by atoms with van der Waals surface area (Å²) in [5.41, 5.74) is 6.63. The largest absolute Gasteiger partial charge is 0.330 e. The van der Waals surface area contributed by atoms with Crippen LogP contribution in [0.15, 0.2) is 12.3 Å². The van der Waals surface area contributed by atoms with E-state index in [2.05, 4.69) is 10.2 Å². The van der Waals surface area contributed by atoms with Crippen molar-refractivity contribution in [3.05, 3.63) is 18.0 Å². The first-order valence-corrected chi connectivity index (χ1v) is 4.62. The van der Waals surface area contributed by atoms with Crippen molar-refractivity contribution in [2.24, 2.45) is 5.73 Å². The third-order valence-corrected chi connectivity index (χ3v) is 1.96. The minimum Gasteiger partial charge on any atom is -0.330 e. The van der Waals surface area contributed by atoms with Crippen LogP contribution in [-0.4, -0.2) is 16.7 Å². The SMILES string of the molecule is NCCCCCCc1ccn[nH]1. The number of nitrogens with one attached hydrogen (secondary N) is 1. The Balaban J connectivity index is 1.96. The van der Waals surface area contributed by atoms with Crippen molar-refractivity contribution in [3.63, 3.8) is 0 Å². The molecule has 0 atom stereocenters. The highest BCUT2D eigenvalue weighted by Crippen LogP contribution is 2.04. The molecule has 0 unspecified atom stereocenters. The molecule has 0 aliphatic rings. The minimum atomic E-state index is 0.823. The second-order valence-corrected chi connectivity index (χ2v) is 3.03. The van der Waals surface area contributed by atoms with Crippen molar-refractivity contribution < 1.29 is 0 Å². The average molecular weight is 167 g/mol. The van der Waals surface area contributed by atoms with E-state index in [0.717, 1.165) is 19.4 Å². The maximum Gasteiger partial charge on any atom is 0.0490 e. The van der Waals surface area contributed by atoms with Gasteiger partial charge < -0.3 is 5.73 Å². The molecule has 0 saturated heterocycles. The van der Waals surface area contributed by atoms with Crippen molar-refractivity contribution >= 4 is 0 Å². The lowest BCUT2D eigenvalue weighted by atomic mass is 10.1. The van der Waals surface area contributed by atoms with Crippen LogP contribution in [0.3, 0.4) is 0 Å². The van der Waals surface area contributed by atoms with E-state index in [-0.39, 0.29) is 0 Å². The van der Waals surface area contributed by atoms with Crippen LogP contribution in [0.5, 0.6) is 0 Å². The molecular formula is C9H17N3. The van der Waals surface area contributed by atoms with Crippen molar-refractivity contribution in [2.45, 2.75) is 32.1 Å². The number of rotatable bonds is 6. The van der Waals surface area contributed by atoms with Gasteiger partial charge in [-0.1, -0.05) is 12.8 Å². The molecule has 0 fully saturated rings. The summed E-state index contributed by atoms with van der Waals surface area (Å²) in [6.07, 6.45) is 7.84. The van der Waals surface area contributed by atoms with Crippen molar-refractivity contribution in [1.29, 1.82) is 0 Å². The van der Waals surface area contributed by atoms with Gasteiger partial charge in [-0.15, -0.1) is 0 Å². The summed E-state index contributed by atoms with van der Waals surface area (Å²) in [6.45, 7) is 0.823. The Morgan fingerprint density at radius 1 is 1.25 bits per heavy atom. The number of aromatic nitrogens is 2. The lowest BCUT2D eigenvalue weighted by molar-refractivity contribution is 0.641. The Bertz CT molecular complexity index is 182. The molecule has 12 heavy (non-hydrogen) atoms. The standard InChI is InChI=1S/C9H17N3/c10-7-4-2-1-3-5-9-6-8-11-12-9/h6,8H,1-5,7,10H2,(H,11,12). The van der Waals surface area contributed by atoms with Gasteiger partial charge in [0.15, 0.2) is 0 Å². The minimum absolute atomic E-state index is 0.823. The van der Waals surface area contributed by atoms with Crippen LogP contribution in [0.1, 0.15) is 31.4 Å². The number of hydrogen-bond acceptors (Lipinski definition) is 2. The lowest BCUT2D eigenvalue weighted by Crippen LogP contribution is -1.97. The Labute approximate surface area is 73.4 Å². The molecule has 68 valence electrons. The van der Waals surface area contributed by atoms with Gasteiger partial charge in [0.2, 0.25) is 0 Å². The van der Waals surface area contributed by atoms with Crippen molar-refractivity contribution in [3.8, 4) is 0 Å². The quantitative estimate of drug-likeness (QED) is 0.630. The molecule has 3 N–H and O–H groups in total. The van der Waals surface area contributed by atoms with Gasteiger partial charge in [0.25, 0.3) is 0 Å². The van der Waals surface area contributed by atoms with Crippen LogP contribution in [0.2, 0.25) is 0 Å². The number of hydrogen-bond donors (Lipinski definition) is 2. The normalized spacial score (nSPS) is 10.4. The summed E-state index contributed by atoms with van der Waals surface area (Å²) in [4.78, 5) is 0. The van der Waals surface area contributed by atoms with Gasteiger partial charge in [-0.05, 0) is 31.9 Å². The van der Waals surface area contributed by atoms with Crippen molar-refractivity contribution in [2.75, 3.05) is 6.54 Å². The highest BCUT2D eigenvalue weighted by atomic mass is 15.1. The van der Waals surface area contributed by atoms with Gasteiger partial charge >= 0.3 is 0 Å². The van der Waals surface area contributed by atoms with E-state index in [1.807, 2.05) is 6.07 Å². The Kier molecular flexibility index (Phi) is 4.46. The predicted octanol–water partition coefficient (Wildman–Crippen LogP) is 1.47. The number of unbranched alkanes of at least 4 members (excludes halogenated alkanes) is 3. The maximum atomic E-state index is 5.39.